The molecule has 3 aromatic heterocycles. The number of carbonyl (C=O) groups is 2. The summed E-state index contributed by atoms with van der Waals surface area (Å²) in [6.45, 7) is 0.146. The first kappa shape index (κ1) is 25.4. The van der Waals surface area contributed by atoms with Gasteiger partial charge in [-0.1, -0.05) is 6.07 Å². The van der Waals surface area contributed by atoms with Crippen LogP contribution < -0.4 is 14.4 Å². The van der Waals surface area contributed by atoms with Gasteiger partial charge in [0.05, 0.1) is 28.8 Å². The molecule has 0 radical (unpaired) electrons. The van der Waals surface area contributed by atoms with Crippen molar-refractivity contribution in [2.24, 2.45) is 0 Å². The second kappa shape index (κ2) is 8.81. The van der Waals surface area contributed by atoms with Crippen molar-refractivity contribution in [1.82, 2.24) is 14.9 Å². The monoisotopic (exact) mass is 564 g/mol. The maximum atomic E-state index is 14.6. The lowest BCUT2D eigenvalue weighted by Gasteiger charge is -2.23. The van der Waals surface area contributed by atoms with Crippen LogP contribution in [0.1, 0.15) is 20.9 Å². The largest absolute Gasteiger partial charge is 0.475 e. The number of benzene rings is 2. The molecule has 11 nitrogen and oxygen atoms in total. The standard InChI is InChI=1S/C27H21FN4O7S/c1-29-26(33)23-15-9-14(19(31(2)40(3,36)37)11-22(15)39-25(23)27(34)35)17-7-8-21-24(30-17)20-10-13-16(28)5-4-6-18(13)32(20)12-38-21/h4-11H,12H2,1-3H3,(H,29,33)(H,34,35). The number of hydrogen-bond acceptors (Lipinski definition) is 7. The summed E-state index contributed by atoms with van der Waals surface area (Å²) in [6.07, 6.45) is 1.02. The number of halogens is 1. The van der Waals surface area contributed by atoms with Crippen LogP contribution >= 0.6 is 0 Å². The smallest absolute Gasteiger partial charge is 0.372 e. The molecule has 2 aromatic carbocycles. The fourth-order valence-corrected chi connectivity index (χ4v) is 5.40. The molecule has 1 amide bonds. The Morgan fingerprint density at radius 3 is 2.62 bits per heavy atom. The van der Waals surface area contributed by atoms with Crippen LogP contribution in [0.2, 0.25) is 0 Å². The van der Waals surface area contributed by atoms with Crippen molar-refractivity contribution in [3.63, 3.8) is 0 Å². The zero-order chi connectivity index (χ0) is 28.5. The number of nitrogens with one attached hydrogen (secondary N) is 1. The number of carbonyl (C=O) groups excluding carboxylic acids is 1. The van der Waals surface area contributed by atoms with Crippen LogP contribution in [0.3, 0.4) is 0 Å². The maximum Gasteiger partial charge on any atom is 0.372 e. The third kappa shape index (κ3) is 3.77. The molecule has 0 saturated carbocycles. The fraction of sp³-hybridized carbons (Fsp3) is 0.148. The summed E-state index contributed by atoms with van der Waals surface area (Å²) in [5.74, 6) is -2.68. The number of rotatable bonds is 5. The van der Waals surface area contributed by atoms with Crippen LogP contribution in [0, 0.1) is 5.82 Å². The van der Waals surface area contributed by atoms with Crippen molar-refractivity contribution in [3.05, 3.63) is 65.7 Å². The number of anilines is 1. The highest BCUT2D eigenvalue weighted by Crippen LogP contribution is 2.42. The molecule has 0 aliphatic carbocycles. The average Bonchev–Trinajstić information content (AvgIpc) is 3.50. The Labute approximate surface area is 226 Å². The van der Waals surface area contributed by atoms with Gasteiger partial charge in [0, 0.05) is 36.5 Å². The minimum Gasteiger partial charge on any atom is -0.475 e. The zero-order valence-corrected chi connectivity index (χ0v) is 22.2. The number of nitrogens with zero attached hydrogens (tertiary/aromatic N) is 3. The number of aromatic nitrogens is 2. The Balaban J connectivity index is 1.64. The number of furan rings is 1. The molecule has 2 N–H and O–H groups in total. The van der Waals surface area contributed by atoms with Gasteiger partial charge in [0.15, 0.2) is 6.73 Å². The number of aromatic carboxylic acids is 1. The second-order valence-electron chi connectivity index (χ2n) is 9.23. The topological polar surface area (TPSA) is 144 Å². The predicted octanol–water partition coefficient (Wildman–Crippen LogP) is 4.06. The summed E-state index contributed by atoms with van der Waals surface area (Å²) >= 11 is 0. The summed E-state index contributed by atoms with van der Waals surface area (Å²) in [6, 6.07) is 12.5. The lowest BCUT2D eigenvalue weighted by atomic mass is 10.0. The zero-order valence-electron chi connectivity index (χ0n) is 21.4. The van der Waals surface area contributed by atoms with E-state index in [-0.39, 0.29) is 34.5 Å². The molecular formula is C27H21FN4O7S. The number of hydrogen-bond donors (Lipinski definition) is 2. The number of amides is 1. The molecule has 204 valence electrons. The van der Waals surface area contributed by atoms with E-state index in [0.717, 1.165) is 10.6 Å². The van der Waals surface area contributed by atoms with Gasteiger partial charge >= 0.3 is 5.97 Å². The summed E-state index contributed by atoms with van der Waals surface area (Å²) in [7, 11) is -1.10. The highest BCUT2D eigenvalue weighted by molar-refractivity contribution is 7.92. The van der Waals surface area contributed by atoms with E-state index < -0.39 is 33.5 Å². The van der Waals surface area contributed by atoms with Gasteiger partial charge in [0.1, 0.15) is 28.4 Å². The molecule has 40 heavy (non-hydrogen) atoms. The Morgan fingerprint density at radius 2 is 1.93 bits per heavy atom. The van der Waals surface area contributed by atoms with E-state index in [1.54, 1.807) is 34.9 Å². The quantitative estimate of drug-likeness (QED) is 0.325. The van der Waals surface area contributed by atoms with Gasteiger partial charge in [-0.3, -0.25) is 9.10 Å². The van der Waals surface area contributed by atoms with Gasteiger partial charge in [-0.25, -0.2) is 22.6 Å². The van der Waals surface area contributed by atoms with Gasteiger partial charge in [0.25, 0.3) is 5.91 Å². The van der Waals surface area contributed by atoms with Gasteiger partial charge < -0.3 is 24.1 Å². The highest BCUT2D eigenvalue weighted by atomic mass is 32.2. The molecule has 1 aliphatic heterocycles. The Hall–Kier alpha value is -4.91. The van der Waals surface area contributed by atoms with Crippen LogP contribution in [0.5, 0.6) is 5.75 Å². The van der Waals surface area contributed by atoms with Crippen molar-refractivity contribution < 1.29 is 36.7 Å². The summed E-state index contributed by atoms with van der Waals surface area (Å²) < 4.78 is 53.9. The van der Waals surface area contributed by atoms with Crippen LogP contribution in [-0.2, 0) is 16.8 Å². The molecule has 13 heteroatoms. The van der Waals surface area contributed by atoms with E-state index in [1.165, 1.54) is 32.3 Å². The minimum absolute atomic E-state index is 0.00199. The SMILES string of the molecule is CNC(=O)c1c(C(=O)O)oc2cc(N(C)S(C)(=O)=O)c(-c3ccc4c(n3)-c3cc5c(F)cccc5n3CO4)cc12. The molecule has 0 unspecified atom stereocenters. The molecule has 5 aromatic rings. The van der Waals surface area contributed by atoms with Crippen LogP contribution in [0.25, 0.3) is 44.5 Å². The third-order valence-electron chi connectivity index (χ3n) is 6.91. The number of carboxylic acid groups (broad SMARTS) is 1. The lowest BCUT2D eigenvalue weighted by Crippen LogP contribution is -2.25. The van der Waals surface area contributed by atoms with E-state index in [4.69, 9.17) is 14.1 Å². The van der Waals surface area contributed by atoms with E-state index in [2.05, 4.69) is 5.32 Å². The van der Waals surface area contributed by atoms with E-state index in [9.17, 15) is 27.5 Å². The van der Waals surface area contributed by atoms with Crippen LogP contribution in [-0.4, -0.2) is 55.3 Å². The predicted molar refractivity (Wildman–Crippen MR) is 145 cm³/mol. The van der Waals surface area contributed by atoms with Gasteiger partial charge in [-0.2, -0.15) is 0 Å². The first-order valence-corrected chi connectivity index (χ1v) is 13.8. The molecular weight excluding hydrogens is 543 g/mol. The minimum atomic E-state index is -3.79. The Morgan fingerprint density at radius 1 is 1.15 bits per heavy atom. The third-order valence-corrected chi connectivity index (χ3v) is 8.10. The van der Waals surface area contributed by atoms with Crippen molar-refractivity contribution in [2.75, 3.05) is 24.7 Å². The van der Waals surface area contributed by atoms with Gasteiger partial charge in [0.2, 0.25) is 15.8 Å². The molecule has 0 saturated heterocycles. The molecule has 0 atom stereocenters. The molecule has 4 heterocycles. The number of ether oxygens (including phenoxy) is 1. The van der Waals surface area contributed by atoms with Crippen molar-refractivity contribution in [2.45, 2.75) is 6.73 Å². The lowest BCUT2D eigenvalue weighted by molar-refractivity contribution is 0.0658. The summed E-state index contributed by atoms with van der Waals surface area (Å²) in [4.78, 5) is 29.3. The van der Waals surface area contributed by atoms with Gasteiger partial charge in [-0.15, -0.1) is 0 Å². The molecule has 0 bridgehead atoms. The molecule has 1 aliphatic rings. The molecule has 0 fully saturated rings. The maximum absolute atomic E-state index is 14.6. The van der Waals surface area contributed by atoms with E-state index in [1.807, 2.05) is 0 Å². The number of sulfonamides is 1. The van der Waals surface area contributed by atoms with Crippen LogP contribution in [0.4, 0.5) is 10.1 Å². The summed E-state index contributed by atoms with van der Waals surface area (Å²) in [5, 5.41) is 12.6. The molecule has 6 rings (SSSR count). The average molecular weight is 565 g/mol. The normalized spacial score (nSPS) is 12.6. The fourth-order valence-electron chi connectivity index (χ4n) is 4.89. The summed E-state index contributed by atoms with van der Waals surface area (Å²) in [5.41, 5.74) is 2.14. The van der Waals surface area contributed by atoms with Crippen molar-refractivity contribution >= 4 is 49.5 Å². The Kier molecular flexibility index (Phi) is 5.59. The van der Waals surface area contributed by atoms with Crippen molar-refractivity contribution in [3.8, 4) is 28.4 Å². The Bertz CT molecular complexity index is 2010. The van der Waals surface area contributed by atoms with Crippen LogP contribution in [0.15, 0.2) is 52.9 Å². The highest BCUT2D eigenvalue weighted by Gasteiger charge is 2.29. The molecule has 0 spiro atoms. The first-order chi connectivity index (χ1) is 19.0. The van der Waals surface area contributed by atoms with Gasteiger partial charge in [-0.05, 0) is 36.4 Å². The number of carboxylic acids is 1. The van der Waals surface area contributed by atoms with Crippen molar-refractivity contribution in [1.29, 1.82) is 0 Å². The van der Waals surface area contributed by atoms with E-state index in [0.29, 0.717) is 33.7 Å². The first-order valence-electron chi connectivity index (χ1n) is 11.9. The number of pyridine rings is 1. The number of fused-ring (bicyclic) bond motifs is 6. The second-order valence-corrected chi connectivity index (χ2v) is 11.2. The van der Waals surface area contributed by atoms with E-state index >= 15 is 0 Å².